The van der Waals surface area contributed by atoms with Crippen molar-refractivity contribution in [2.75, 3.05) is 12.4 Å². The molecule has 1 aliphatic rings. The molecular formula is C24H21N5O. The molecule has 0 fully saturated rings. The predicted molar refractivity (Wildman–Crippen MR) is 120 cm³/mol. The SMILES string of the molecule is COC1=CCC=CC=C1n1cnc2cc(Nc3nnc(C)c4ccccc34)ccc21. The minimum absolute atomic E-state index is 0.733. The number of anilines is 2. The molecular weight excluding hydrogens is 374 g/mol. The smallest absolute Gasteiger partial charge is 0.160 e. The molecule has 1 N–H and O–H groups in total. The van der Waals surface area contributed by atoms with E-state index in [2.05, 4.69) is 50.8 Å². The van der Waals surface area contributed by atoms with Gasteiger partial charge in [0.1, 0.15) is 12.1 Å². The number of rotatable bonds is 4. The predicted octanol–water partition coefficient (Wildman–Crippen LogP) is 5.36. The fourth-order valence-corrected chi connectivity index (χ4v) is 3.74. The number of aromatic nitrogens is 4. The minimum Gasteiger partial charge on any atom is -0.495 e. The van der Waals surface area contributed by atoms with Crippen molar-refractivity contribution >= 4 is 39.0 Å². The molecule has 0 unspecified atom stereocenters. The molecule has 1 aliphatic carbocycles. The zero-order chi connectivity index (χ0) is 20.5. The van der Waals surface area contributed by atoms with Crippen LogP contribution in [0.25, 0.3) is 27.5 Å². The summed E-state index contributed by atoms with van der Waals surface area (Å²) in [6.45, 7) is 1.97. The van der Waals surface area contributed by atoms with E-state index in [-0.39, 0.29) is 0 Å². The van der Waals surface area contributed by atoms with Gasteiger partial charge in [-0.25, -0.2) is 4.98 Å². The first-order chi connectivity index (χ1) is 14.7. The van der Waals surface area contributed by atoms with Gasteiger partial charge < -0.3 is 10.1 Å². The van der Waals surface area contributed by atoms with Crippen LogP contribution in [0.1, 0.15) is 12.1 Å². The van der Waals surface area contributed by atoms with Gasteiger partial charge in [0, 0.05) is 16.5 Å². The lowest BCUT2D eigenvalue weighted by Gasteiger charge is -2.13. The molecule has 2 aromatic carbocycles. The molecule has 0 amide bonds. The lowest BCUT2D eigenvalue weighted by atomic mass is 10.1. The molecule has 30 heavy (non-hydrogen) atoms. The summed E-state index contributed by atoms with van der Waals surface area (Å²) in [6, 6.07) is 14.2. The van der Waals surface area contributed by atoms with Gasteiger partial charge in [-0.2, -0.15) is 5.10 Å². The number of hydrogen-bond donors (Lipinski definition) is 1. The zero-order valence-electron chi connectivity index (χ0n) is 16.8. The molecule has 2 aromatic heterocycles. The maximum Gasteiger partial charge on any atom is 0.160 e. The number of nitrogens with one attached hydrogen (secondary N) is 1. The second-order valence-corrected chi connectivity index (χ2v) is 7.11. The Hall–Kier alpha value is -3.93. The van der Waals surface area contributed by atoms with E-state index < -0.39 is 0 Å². The maximum atomic E-state index is 5.59. The summed E-state index contributed by atoms with van der Waals surface area (Å²) in [5.74, 6) is 1.57. The van der Waals surface area contributed by atoms with E-state index in [1.54, 1.807) is 7.11 Å². The summed E-state index contributed by atoms with van der Waals surface area (Å²) in [4.78, 5) is 4.61. The molecule has 2 heterocycles. The molecule has 0 saturated carbocycles. The zero-order valence-corrected chi connectivity index (χ0v) is 16.8. The van der Waals surface area contributed by atoms with E-state index in [4.69, 9.17) is 4.74 Å². The number of benzene rings is 2. The van der Waals surface area contributed by atoms with Crippen molar-refractivity contribution in [3.8, 4) is 0 Å². The van der Waals surface area contributed by atoms with Crippen LogP contribution in [0.5, 0.6) is 0 Å². The second kappa shape index (κ2) is 7.48. The molecule has 5 rings (SSSR count). The summed E-state index contributed by atoms with van der Waals surface area (Å²) in [5.41, 5.74) is 4.68. The van der Waals surface area contributed by atoms with Crippen molar-refractivity contribution < 1.29 is 4.74 Å². The number of nitrogens with zero attached hydrogens (tertiary/aromatic N) is 4. The first-order valence-corrected chi connectivity index (χ1v) is 9.82. The Balaban J connectivity index is 1.53. The normalized spacial score (nSPS) is 13.8. The van der Waals surface area contributed by atoms with Crippen molar-refractivity contribution in [2.24, 2.45) is 0 Å². The largest absolute Gasteiger partial charge is 0.495 e. The van der Waals surface area contributed by atoms with Crippen molar-refractivity contribution in [2.45, 2.75) is 13.3 Å². The fourth-order valence-electron chi connectivity index (χ4n) is 3.74. The van der Waals surface area contributed by atoms with Crippen LogP contribution >= 0.6 is 0 Å². The van der Waals surface area contributed by atoms with Gasteiger partial charge in [-0.05, 0) is 43.7 Å². The van der Waals surface area contributed by atoms with E-state index in [0.717, 1.165) is 56.9 Å². The number of methoxy groups -OCH3 is 1. The number of imidazole rings is 1. The highest BCUT2D eigenvalue weighted by atomic mass is 16.5. The van der Waals surface area contributed by atoms with Gasteiger partial charge >= 0.3 is 0 Å². The topological polar surface area (TPSA) is 64.9 Å². The Morgan fingerprint density at radius 3 is 2.80 bits per heavy atom. The lowest BCUT2D eigenvalue weighted by Crippen LogP contribution is -2.01. The van der Waals surface area contributed by atoms with E-state index in [1.165, 1.54) is 0 Å². The van der Waals surface area contributed by atoms with Crippen LogP contribution in [0, 0.1) is 6.92 Å². The van der Waals surface area contributed by atoms with Gasteiger partial charge in [-0.3, -0.25) is 4.57 Å². The van der Waals surface area contributed by atoms with Crippen molar-refractivity contribution in [1.82, 2.24) is 19.7 Å². The van der Waals surface area contributed by atoms with Gasteiger partial charge in [-0.15, -0.1) is 5.10 Å². The van der Waals surface area contributed by atoms with Crippen LogP contribution in [0.2, 0.25) is 0 Å². The van der Waals surface area contributed by atoms with Crippen LogP contribution in [0.3, 0.4) is 0 Å². The summed E-state index contributed by atoms with van der Waals surface area (Å²) < 4.78 is 7.63. The molecule has 0 atom stereocenters. The summed E-state index contributed by atoms with van der Waals surface area (Å²) in [5, 5.41) is 14.2. The number of allylic oxidation sites excluding steroid dienone is 5. The van der Waals surface area contributed by atoms with Crippen LogP contribution in [0.15, 0.2) is 78.9 Å². The molecule has 0 saturated heterocycles. The maximum absolute atomic E-state index is 5.59. The lowest BCUT2D eigenvalue weighted by molar-refractivity contribution is 0.307. The Kier molecular flexibility index (Phi) is 4.52. The average molecular weight is 395 g/mol. The van der Waals surface area contributed by atoms with Crippen molar-refractivity contribution in [3.63, 3.8) is 0 Å². The quantitative estimate of drug-likeness (QED) is 0.504. The van der Waals surface area contributed by atoms with Gasteiger partial charge in [-0.1, -0.05) is 36.4 Å². The monoisotopic (exact) mass is 395 g/mol. The molecule has 0 spiro atoms. The highest BCUT2D eigenvalue weighted by Crippen LogP contribution is 2.29. The van der Waals surface area contributed by atoms with Crippen LogP contribution in [0.4, 0.5) is 11.5 Å². The second-order valence-electron chi connectivity index (χ2n) is 7.11. The van der Waals surface area contributed by atoms with E-state index in [9.17, 15) is 0 Å². The Bertz CT molecular complexity index is 1350. The van der Waals surface area contributed by atoms with Gasteiger partial charge in [0.25, 0.3) is 0 Å². The van der Waals surface area contributed by atoms with Crippen LogP contribution in [-0.2, 0) is 4.74 Å². The standard InChI is InChI=1S/C24H21N5O/c1-16-18-8-6-7-9-19(18)24(28-27-16)26-17-12-13-21-20(14-17)25-15-29(21)22-10-4-3-5-11-23(22)30-2/h3-4,6-15H,5H2,1-2H3,(H,26,28). The summed E-state index contributed by atoms with van der Waals surface area (Å²) in [6.07, 6.45) is 10.9. The highest BCUT2D eigenvalue weighted by Gasteiger charge is 2.13. The fraction of sp³-hybridized carbons (Fsp3) is 0.125. The first kappa shape index (κ1) is 18.1. The molecule has 6 nitrogen and oxygen atoms in total. The molecule has 0 bridgehead atoms. The summed E-state index contributed by atoms with van der Waals surface area (Å²) >= 11 is 0. The van der Waals surface area contributed by atoms with Gasteiger partial charge in [0.15, 0.2) is 5.82 Å². The molecule has 0 radical (unpaired) electrons. The van der Waals surface area contributed by atoms with E-state index in [0.29, 0.717) is 0 Å². The van der Waals surface area contributed by atoms with Crippen LogP contribution in [-0.4, -0.2) is 26.9 Å². The summed E-state index contributed by atoms with van der Waals surface area (Å²) in [7, 11) is 1.69. The minimum atomic E-state index is 0.733. The molecule has 6 heteroatoms. The average Bonchev–Trinajstić information content (AvgIpc) is 3.04. The number of hydrogen-bond acceptors (Lipinski definition) is 5. The highest BCUT2D eigenvalue weighted by molar-refractivity contribution is 5.95. The van der Waals surface area contributed by atoms with E-state index >= 15 is 0 Å². The van der Waals surface area contributed by atoms with Gasteiger partial charge in [0.2, 0.25) is 0 Å². The Labute approximate surface area is 174 Å². The van der Waals surface area contributed by atoms with E-state index in [1.807, 2.05) is 54.2 Å². The molecule has 148 valence electrons. The van der Waals surface area contributed by atoms with Crippen molar-refractivity contribution in [3.05, 3.63) is 84.5 Å². The van der Waals surface area contributed by atoms with Crippen molar-refractivity contribution in [1.29, 1.82) is 0 Å². The van der Waals surface area contributed by atoms with Crippen LogP contribution < -0.4 is 5.32 Å². The number of fused-ring (bicyclic) bond motifs is 2. The number of aryl methyl sites for hydroxylation is 1. The number of ether oxygens (including phenoxy) is 1. The Morgan fingerprint density at radius 1 is 1.07 bits per heavy atom. The third-order valence-corrected chi connectivity index (χ3v) is 5.24. The third kappa shape index (κ3) is 3.12. The van der Waals surface area contributed by atoms with Gasteiger partial charge in [0.05, 0.1) is 29.5 Å². The Morgan fingerprint density at radius 2 is 1.93 bits per heavy atom. The molecule has 0 aliphatic heterocycles. The third-order valence-electron chi connectivity index (χ3n) is 5.24. The first-order valence-electron chi connectivity index (χ1n) is 9.82. The molecule has 4 aromatic rings.